The Labute approximate surface area is 167 Å². The summed E-state index contributed by atoms with van der Waals surface area (Å²) >= 11 is 6.16. The van der Waals surface area contributed by atoms with Crippen LogP contribution in [-0.2, 0) is 9.84 Å². The number of hydrogen-bond acceptors (Lipinski definition) is 4. The van der Waals surface area contributed by atoms with Crippen LogP contribution < -0.4 is 15.5 Å². The predicted molar refractivity (Wildman–Crippen MR) is 113 cm³/mol. The van der Waals surface area contributed by atoms with E-state index in [9.17, 15) is 8.42 Å². The van der Waals surface area contributed by atoms with Gasteiger partial charge in [0, 0.05) is 42.9 Å². The lowest BCUT2D eigenvalue weighted by Gasteiger charge is -2.21. The molecule has 0 spiro atoms. The van der Waals surface area contributed by atoms with Crippen LogP contribution >= 0.6 is 11.6 Å². The van der Waals surface area contributed by atoms with Gasteiger partial charge in [-0.15, -0.1) is 0 Å². The lowest BCUT2D eigenvalue weighted by Crippen LogP contribution is -2.44. The highest BCUT2D eigenvalue weighted by atomic mass is 35.5. The maximum Gasteiger partial charge on any atom is 0.191 e. The van der Waals surface area contributed by atoms with Gasteiger partial charge in [0.25, 0.3) is 0 Å². The first-order chi connectivity index (χ1) is 12.9. The third-order valence-corrected chi connectivity index (χ3v) is 7.23. The number of halogens is 1. The number of guanidine groups is 1. The average Bonchev–Trinajstić information content (AvgIpc) is 3.21. The molecule has 8 heteroatoms. The molecule has 2 N–H and O–H groups in total. The first-order valence-corrected chi connectivity index (χ1v) is 11.8. The maximum atomic E-state index is 11.7. The van der Waals surface area contributed by atoms with Crippen molar-refractivity contribution in [3.8, 4) is 0 Å². The molecule has 2 aliphatic heterocycles. The van der Waals surface area contributed by atoms with E-state index in [0.717, 1.165) is 43.6 Å². The molecule has 2 heterocycles. The molecule has 0 amide bonds. The topological polar surface area (TPSA) is 73.8 Å². The van der Waals surface area contributed by atoms with E-state index in [1.165, 1.54) is 11.3 Å². The van der Waals surface area contributed by atoms with Crippen LogP contribution in [0.2, 0.25) is 5.02 Å². The molecule has 0 aromatic heterocycles. The Morgan fingerprint density at radius 1 is 1.37 bits per heavy atom. The summed E-state index contributed by atoms with van der Waals surface area (Å²) in [5.74, 6) is 1.66. The fourth-order valence-electron chi connectivity index (χ4n) is 3.77. The van der Waals surface area contributed by atoms with E-state index in [1.807, 2.05) is 19.1 Å². The molecular weight excluding hydrogens is 384 g/mol. The number of hydrogen-bond donors (Lipinski definition) is 2. The fraction of sp³-hybridized carbons (Fsp3) is 0.632. The summed E-state index contributed by atoms with van der Waals surface area (Å²) in [6, 6.07) is 5.98. The molecule has 0 radical (unpaired) electrons. The molecule has 2 unspecified atom stereocenters. The van der Waals surface area contributed by atoms with Gasteiger partial charge in [0.05, 0.1) is 11.5 Å². The summed E-state index contributed by atoms with van der Waals surface area (Å²) in [5, 5.41) is 7.28. The van der Waals surface area contributed by atoms with Gasteiger partial charge < -0.3 is 15.5 Å². The van der Waals surface area contributed by atoms with E-state index in [2.05, 4.69) is 28.5 Å². The highest BCUT2D eigenvalue weighted by Gasteiger charge is 2.29. The molecular formula is C19H29ClN4O2S. The molecule has 1 aromatic carbocycles. The molecule has 0 saturated carbocycles. The number of benzene rings is 1. The van der Waals surface area contributed by atoms with Crippen LogP contribution in [0.15, 0.2) is 23.2 Å². The summed E-state index contributed by atoms with van der Waals surface area (Å²) in [5.41, 5.74) is 2.44. The van der Waals surface area contributed by atoms with Crippen LogP contribution in [0, 0.1) is 12.8 Å². The van der Waals surface area contributed by atoms with Crippen LogP contribution in [0.5, 0.6) is 0 Å². The quantitative estimate of drug-likeness (QED) is 0.573. The average molecular weight is 413 g/mol. The van der Waals surface area contributed by atoms with Crippen molar-refractivity contribution in [1.29, 1.82) is 0 Å². The zero-order valence-electron chi connectivity index (χ0n) is 16.0. The van der Waals surface area contributed by atoms with Gasteiger partial charge in [0.15, 0.2) is 15.8 Å². The Bertz CT molecular complexity index is 797. The molecule has 2 aliphatic rings. The largest absolute Gasteiger partial charge is 0.371 e. The Morgan fingerprint density at radius 2 is 2.19 bits per heavy atom. The van der Waals surface area contributed by atoms with Crippen molar-refractivity contribution in [2.75, 3.05) is 42.6 Å². The number of nitrogens with one attached hydrogen (secondary N) is 2. The summed E-state index contributed by atoms with van der Waals surface area (Å²) < 4.78 is 23.3. The van der Waals surface area contributed by atoms with Crippen molar-refractivity contribution >= 4 is 33.1 Å². The minimum Gasteiger partial charge on any atom is -0.371 e. The van der Waals surface area contributed by atoms with Gasteiger partial charge in [-0.3, -0.25) is 4.99 Å². The number of sulfone groups is 1. The second-order valence-corrected chi connectivity index (χ2v) is 10.2. The van der Waals surface area contributed by atoms with Crippen molar-refractivity contribution in [2.24, 2.45) is 10.9 Å². The zero-order valence-corrected chi connectivity index (χ0v) is 17.6. The van der Waals surface area contributed by atoms with E-state index in [-0.39, 0.29) is 17.5 Å². The van der Waals surface area contributed by atoms with Crippen LogP contribution in [0.3, 0.4) is 0 Å². The normalized spacial score (nSPS) is 25.0. The van der Waals surface area contributed by atoms with Gasteiger partial charge >= 0.3 is 0 Å². The lowest BCUT2D eigenvalue weighted by molar-refractivity contribution is 0.590. The third kappa shape index (κ3) is 5.51. The Balaban J connectivity index is 1.58. The van der Waals surface area contributed by atoms with Crippen LogP contribution in [0.1, 0.15) is 25.3 Å². The SMILES string of the molecule is CCNC(=NCC1CCN(c2cc(Cl)ccc2C)C1)NC1CCS(=O)(=O)C1. The molecule has 2 atom stereocenters. The molecule has 3 rings (SSSR count). The highest BCUT2D eigenvalue weighted by Crippen LogP contribution is 2.29. The van der Waals surface area contributed by atoms with Gasteiger partial charge in [0.2, 0.25) is 0 Å². The first kappa shape index (κ1) is 20.3. The Kier molecular flexibility index (Phi) is 6.52. The minimum absolute atomic E-state index is 0.0398. The molecule has 27 heavy (non-hydrogen) atoms. The summed E-state index contributed by atoms with van der Waals surface area (Å²) in [6.07, 6.45) is 1.74. The monoisotopic (exact) mass is 412 g/mol. The van der Waals surface area contributed by atoms with Crippen molar-refractivity contribution in [1.82, 2.24) is 10.6 Å². The second-order valence-electron chi connectivity index (χ2n) is 7.50. The zero-order chi connectivity index (χ0) is 19.4. The van der Waals surface area contributed by atoms with Crippen molar-refractivity contribution in [3.05, 3.63) is 28.8 Å². The van der Waals surface area contributed by atoms with Gasteiger partial charge in [-0.2, -0.15) is 0 Å². The van der Waals surface area contributed by atoms with Crippen LogP contribution in [-0.4, -0.2) is 58.1 Å². The Morgan fingerprint density at radius 3 is 2.89 bits per heavy atom. The molecule has 2 fully saturated rings. The standard InChI is InChI=1S/C19H29ClN4O2S/c1-3-21-19(23-17-7-9-27(25,26)13-17)22-11-15-6-8-24(12-15)18-10-16(20)5-4-14(18)2/h4-5,10,15,17H,3,6-9,11-13H2,1-2H3,(H2,21,22,23). The Hall–Kier alpha value is -1.47. The van der Waals surface area contributed by atoms with Gasteiger partial charge in [-0.05, 0) is 50.3 Å². The number of rotatable bonds is 5. The first-order valence-electron chi connectivity index (χ1n) is 9.62. The number of anilines is 1. The number of nitrogens with zero attached hydrogens (tertiary/aromatic N) is 2. The second kappa shape index (κ2) is 8.69. The summed E-state index contributed by atoms with van der Waals surface area (Å²) in [7, 11) is -2.89. The van der Waals surface area contributed by atoms with E-state index < -0.39 is 9.84 Å². The third-order valence-electron chi connectivity index (χ3n) is 5.22. The van der Waals surface area contributed by atoms with E-state index in [1.54, 1.807) is 0 Å². The molecule has 1 aromatic rings. The van der Waals surface area contributed by atoms with Crippen LogP contribution in [0.4, 0.5) is 5.69 Å². The molecule has 0 bridgehead atoms. The van der Waals surface area contributed by atoms with E-state index in [4.69, 9.17) is 16.6 Å². The maximum absolute atomic E-state index is 11.7. The smallest absolute Gasteiger partial charge is 0.191 e. The van der Waals surface area contributed by atoms with Crippen molar-refractivity contribution in [3.63, 3.8) is 0 Å². The summed E-state index contributed by atoms with van der Waals surface area (Å²) in [6.45, 7) is 7.57. The summed E-state index contributed by atoms with van der Waals surface area (Å²) in [4.78, 5) is 7.10. The molecule has 0 aliphatic carbocycles. The van der Waals surface area contributed by atoms with Gasteiger partial charge in [0.1, 0.15) is 0 Å². The van der Waals surface area contributed by atoms with Gasteiger partial charge in [-0.1, -0.05) is 17.7 Å². The minimum atomic E-state index is -2.89. The number of aryl methyl sites for hydroxylation is 1. The fourth-order valence-corrected chi connectivity index (χ4v) is 5.61. The van der Waals surface area contributed by atoms with E-state index >= 15 is 0 Å². The van der Waals surface area contributed by atoms with E-state index in [0.29, 0.717) is 12.3 Å². The highest BCUT2D eigenvalue weighted by molar-refractivity contribution is 7.91. The molecule has 150 valence electrons. The van der Waals surface area contributed by atoms with Crippen LogP contribution in [0.25, 0.3) is 0 Å². The van der Waals surface area contributed by atoms with Gasteiger partial charge in [-0.25, -0.2) is 8.42 Å². The predicted octanol–water partition coefficient (Wildman–Crippen LogP) is 2.22. The lowest BCUT2D eigenvalue weighted by atomic mass is 10.1. The molecule has 2 saturated heterocycles. The molecule has 6 nitrogen and oxygen atoms in total. The van der Waals surface area contributed by atoms with Crippen molar-refractivity contribution in [2.45, 2.75) is 32.7 Å². The van der Waals surface area contributed by atoms with Crippen molar-refractivity contribution < 1.29 is 8.42 Å². The number of aliphatic imine (C=N–C) groups is 1.